The molecule has 5 rings (SSSR count). The van der Waals surface area contributed by atoms with Crippen molar-refractivity contribution in [2.24, 2.45) is 10.8 Å². The first-order valence-electron chi connectivity index (χ1n) is 7.69. The second-order valence-corrected chi connectivity index (χ2v) is 6.66. The van der Waals surface area contributed by atoms with Crippen molar-refractivity contribution >= 4 is 11.1 Å². The molecule has 0 saturated heterocycles. The first-order chi connectivity index (χ1) is 10.7. The third-order valence-electron chi connectivity index (χ3n) is 6.01. The number of hydrogen-bond donors (Lipinski definition) is 0. The number of aromatic nitrogens is 2. The molecule has 0 saturated carbocycles. The van der Waals surface area contributed by atoms with Gasteiger partial charge in [-0.3, -0.25) is 0 Å². The summed E-state index contributed by atoms with van der Waals surface area (Å²) in [7, 11) is 0. The molecule has 0 aliphatic heterocycles. The minimum Gasteiger partial charge on any atom is -0.244 e. The van der Waals surface area contributed by atoms with Crippen molar-refractivity contribution in [1.29, 1.82) is 0 Å². The Bertz CT molecular complexity index is 832. The summed E-state index contributed by atoms with van der Waals surface area (Å²) < 4.78 is 0. The number of hydrogen-bond acceptors (Lipinski definition) is 2. The first-order valence-corrected chi connectivity index (χ1v) is 7.69. The predicted molar refractivity (Wildman–Crippen MR) is 88.6 cm³/mol. The first kappa shape index (κ1) is 12.1. The molecule has 0 unspecified atom stereocenters. The lowest BCUT2D eigenvalue weighted by molar-refractivity contribution is 0.301. The molecule has 0 N–H and O–H groups in total. The molecule has 106 valence electrons. The van der Waals surface area contributed by atoms with Crippen LogP contribution < -0.4 is 0 Å². The standard InChI is InChI=1S/C20H16N2/c1-19-13-5-3-7-16(19)15-11-21-12-22-18(15)17-8-4-6-14(10-9-13)20(17,19)2/h3-12H,1-2H3/t19-,20-/m1/s1. The van der Waals surface area contributed by atoms with Gasteiger partial charge in [0.25, 0.3) is 0 Å². The quantitative estimate of drug-likeness (QED) is 0.711. The van der Waals surface area contributed by atoms with Gasteiger partial charge in [0.15, 0.2) is 0 Å². The normalized spacial score (nSPS) is 33.2. The maximum atomic E-state index is 4.63. The molecule has 2 heteroatoms. The van der Waals surface area contributed by atoms with E-state index in [-0.39, 0.29) is 10.8 Å². The fraction of sp³-hybridized carbons (Fsp3) is 0.200. The van der Waals surface area contributed by atoms with E-state index in [0.717, 1.165) is 5.69 Å². The molecule has 4 aliphatic carbocycles. The molecule has 2 atom stereocenters. The van der Waals surface area contributed by atoms with E-state index in [0.29, 0.717) is 0 Å². The lowest BCUT2D eigenvalue weighted by atomic mass is 9.45. The average Bonchev–Trinajstić information content (AvgIpc) is 2.54. The number of allylic oxidation sites excluding steroid dienone is 12. The van der Waals surface area contributed by atoms with Crippen LogP contribution in [0.25, 0.3) is 11.1 Å². The van der Waals surface area contributed by atoms with Gasteiger partial charge in [-0.05, 0) is 22.3 Å². The molecule has 1 heterocycles. The minimum atomic E-state index is -0.0796. The van der Waals surface area contributed by atoms with Crippen LogP contribution in [0, 0.1) is 10.8 Å². The Kier molecular flexibility index (Phi) is 2.00. The van der Waals surface area contributed by atoms with Crippen molar-refractivity contribution < 1.29 is 0 Å². The average molecular weight is 284 g/mol. The molecular weight excluding hydrogens is 268 g/mol. The third kappa shape index (κ3) is 1.08. The summed E-state index contributed by atoms with van der Waals surface area (Å²) in [4.78, 5) is 8.92. The Labute approximate surface area is 130 Å². The van der Waals surface area contributed by atoms with Gasteiger partial charge in [-0.25, -0.2) is 9.97 Å². The Morgan fingerprint density at radius 2 is 1.45 bits per heavy atom. The van der Waals surface area contributed by atoms with Crippen LogP contribution in [-0.4, -0.2) is 9.97 Å². The highest BCUT2D eigenvalue weighted by Crippen LogP contribution is 2.69. The van der Waals surface area contributed by atoms with Crippen LogP contribution in [0.4, 0.5) is 0 Å². The summed E-state index contributed by atoms with van der Waals surface area (Å²) in [5.41, 5.74) is 7.46. The predicted octanol–water partition coefficient (Wildman–Crippen LogP) is 4.28. The Morgan fingerprint density at radius 1 is 0.818 bits per heavy atom. The Balaban J connectivity index is 2.00. The molecule has 4 aliphatic rings. The maximum Gasteiger partial charge on any atom is 0.116 e. The fourth-order valence-corrected chi connectivity index (χ4v) is 4.63. The summed E-state index contributed by atoms with van der Waals surface area (Å²) in [5, 5.41) is 0. The molecule has 2 nitrogen and oxygen atoms in total. The highest BCUT2D eigenvalue weighted by Gasteiger charge is 2.58. The fourth-order valence-electron chi connectivity index (χ4n) is 4.63. The van der Waals surface area contributed by atoms with Crippen molar-refractivity contribution in [3.8, 4) is 0 Å². The topological polar surface area (TPSA) is 25.8 Å². The van der Waals surface area contributed by atoms with Crippen LogP contribution in [0.5, 0.6) is 0 Å². The van der Waals surface area contributed by atoms with E-state index in [1.165, 1.54) is 27.9 Å². The van der Waals surface area contributed by atoms with E-state index in [1.54, 1.807) is 6.33 Å². The maximum absolute atomic E-state index is 4.63. The van der Waals surface area contributed by atoms with Crippen LogP contribution in [-0.2, 0) is 0 Å². The van der Waals surface area contributed by atoms with Gasteiger partial charge in [-0.2, -0.15) is 0 Å². The highest BCUT2D eigenvalue weighted by atomic mass is 14.8. The van der Waals surface area contributed by atoms with Crippen LogP contribution >= 0.6 is 0 Å². The number of nitrogens with zero attached hydrogens (tertiary/aromatic N) is 2. The van der Waals surface area contributed by atoms with Crippen LogP contribution in [0.3, 0.4) is 0 Å². The summed E-state index contributed by atoms with van der Waals surface area (Å²) in [6.07, 6.45) is 21.4. The molecule has 0 radical (unpaired) electrons. The zero-order valence-corrected chi connectivity index (χ0v) is 12.7. The van der Waals surface area contributed by atoms with Gasteiger partial charge in [0, 0.05) is 22.6 Å². The Hall–Kier alpha value is -2.48. The molecule has 0 bridgehead atoms. The van der Waals surface area contributed by atoms with E-state index < -0.39 is 0 Å². The monoisotopic (exact) mass is 284 g/mol. The number of fused-ring (bicyclic) bond motifs is 3. The van der Waals surface area contributed by atoms with Gasteiger partial charge < -0.3 is 0 Å². The second kappa shape index (κ2) is 3.64. The minimum absolute atomic E-state index is 0.0693. The number of rotatable bonds is 0. The zero-order chi connectivity index (χ0) is 14.9. The van der Waals surface area contributed by atoms with E-state index in [9.17, 15) is 0 Å². The molecular formula is C20H16N2. The van der Waals surface area contributed by atoms with Crippen LogP contribution in [0.15, 0.2) is 72.3 Å². The summed E-state index contributed by atoms with van der Waals surface area (Å²) in [6.45, 7) is 4.73. The zero-order valence-electron chi connectivity index (χ0n) is 12.7. The molecule has 0 spiro atoms. The molecule has 1 aromatic heterocycles. The molecule has 0 fully saturated rings. The van der Waals surface area contributed by atoms with Gasteiger partial charge in [0.2, 0.25) is 0 Å². The molecule has 0 amide bonds. The molecule has 0 aromatic carbocycles. The van der Waals surface area contributed by atoms with Crippen molar-refractivity contribution in [3.63, 3.8) is 0 Å². The van der Waals surface area contributed by atoms with Crippen LogP contribution in [0.1, 0.15) is 25.1 Å². The Morgan fingerprint density at radius 3 is 2.18 bits per heavy atom. The summed E-state index contributed by atoms with van der Waals surface area (Å²) in [5.74, 6) is 0. The summed E-state index contributed by atoms with van der Waals surface area (Å²) >= 11 is 0. The van der Waals surface area contributed by atoms with Gasteiger partial charge in [0.05, 0.1) is 5.69 Å². The highest BCUT2D eigenvalue weighted by molar-refractivity contribution is 5.96. The van der Waals surface area contributed by atoms with E-state index in [4.69, 9.17) is 0 Å². The molecule has 1 aromatic rings. The molecule has 22 heavy (non-hydrogen) atoms. The van der Waals surface area contributed by atoms with Crippen LogP contribution in [0.2, 0.25) is 0 Å². The van der Waals surface area contributed by atoms with Crippen molar-refractivity contribution in [3.05, 3.63) is 83.5 Å². The SMILES string of the molecule is C[C@@]12C3=CC=C4C=CC=C(c5ncncc5C1=CC=C3)[C@@]42C. The van der Waals surface area contributed by atoms with Crippen molar-refractivity contribution in [1.82, 2.24) is 9.97 Å². The van der Waals surface area contributed by atoms with Gasteiger partial charge in [-0.1, -0.05) is 62.5 Å². The van der Waals surface area contributed by atoms with Gasteiger partial charge >= 0.3 is 0 Å². The third-order valence-corrected chi connectivity index (χ3v) is 6.01. The lowest BCUT2D eigenvalue weighted by Gasteiger charge is -2.57. The van der Waals surface area contributed by atoms with E-state index in [2.05, 4.69) is 72.4 Å². The second-order valence-electron chi connectivity index (χ2n) is 6.66. The van der Waals surface area contributed by atoms with Gasteiger partial charge in [-0.15, -0.1) is 0 Å². The largest absolute Gasteiger partial charge is 0.244 e. The van der Waals surface area contributed by atoms with E-state index >= 15 is 0 Å². The lowest BCUT2D eigenvalue weighted by Crippen LogP contribution is -2.47. The van der Waals surface area contributed by atoms with Crippen molar-refractivity contribution in [2.75, 3.05) is 0 Å². The smallest absolute Gasteiger partial charge is 0.116 e. The summed E-state index contributed by atoms with van der Waals surface area (Å²) in [6, 6.07) is 0. The van der Waals surface area contributed by atoms with E-state index in [1.807, 2.05) is 6.20 Å². The van der Waals surface area contributed by atoms with Crippen molar-refractivity contribution in [2.45, 2.75) is 13.8 Å². The van der Waals surface area contributed by atoms with Gasteiger partial charge in [0.1, 0.15) is 6.33 Å².